The highest BCUT2D eigenvalue weighted by molar-refractivity contribution is 5.81. The largest absolute Gasteiger partial charge is 0.370 e. The average molecular weight is 344 g/mol. The van der Waals surface area contributed by atoms with E-state index in [1.54, 1.807) is 5.06 Å². The van der Waals surface area contributed by atoms with E-state index < -0.39 is 0 Å². The number of hydrogen-bond acceptors (Lipinski definition) is 7. The molecule has 3 heterocycles. The Labute approximate surface area is 146 Å². The van der Waals surface area contributed by atoms with Crippen molar-refractivity contribution in [3.05, 3.63) is 29.8 Å². The molecule has 0 bridgehead atoms. The average Bonchev–Trinajstić information content (AvgIpc) is 3.27. The Morgan fingerprint density at radius 2 is 2.00 bits per heavy atom. The third-order valence-corrected chi connectivity index (χ3v) is 5.19. The van der Waals surface area contributed by atoms with Crippen LogP contribution in [0.2, 0.25) is 0 Å². The second-order valence-corrected chi connectivity index (χ2v) is 6.92. The van der Waals surface area contributed by atoms with E-state index in [2.05, 4.69) is 15.8 Å². The van der Waals surface area contributed by atoms with Crippen molar-refractivity contribution in [3.63, 3.8) is 0 Å². The fourth-order valence-corrected chi connectivity index (χ4v) is 3.62. The van der Waals surface area contributed by atoms with Crippen LogP contribution < -0.4 is 21.6 Å². The van der Waals surface area contributed by atoms with Crippen LogP contribution in [0.4, 0.5) is 5.69 Å². The molecular weight excluding hydrogens is 320 g/mol. The van der Waals surface area contributed by atoms with Gasteiger partial charge in [0.05, 0.1) is 30.7 Å². The number of aliphatic imine (C=N–C) groups is 1. The maximum atomic E-state index is 12.6. The molecule has 2 fully saturated rings. The second-order valence-electron chi connectivity index (χ2n) is 6.92. The minimum absolute atomic E-state index is 0.0354. The molecule has 134 valence electrons. The molecule has 1 amide bonds. The van der Waals surface area contributed by atoms with Gasteiger partial charge in [0.15, 0.2) is 5.96 Å². The molecule has 0 radical (unpaired) electrons. The van der Waals surface area contributed by atoms with E-state index in [0.717, 1.165) is 56.8 Å². The molecule has 0 atom stereocenters. The molecule has 4 rings (SSSR count). The lowest BCUT2D eigenvalue weighted by atomic mass is 9.88. The standard InChI is InChI=1S/C17H24N6O2/c18-16-19-12-17(21-16)5-8-22(9-6-17)15(24)11-13-1-3-14(4-2-13)23-10-7-20-25-23/h1-4,20H,5-12H2,(H3,18,19,21). The molecule has 1 aromatic carbocycles. The van der Waals surface area contributed by atoms with Gasteiger partial charge in [-0.15, -0.1) is 0 Å². The summed E-state index contributed by atoms with van der Waals surface area (Å²) in [7, 11) is 0. The molecule has 4 N–H and O–H groups in total. The van der Waals surface area contributed by atoms with Crippen LogP contribution in [-0.2, 0) is 16.2 Å². The van der Waals surface area contributed by atoms with Crippen molar-refractivity contribution in [2.45, 2.75) is 24.8 Å². The minimum atomic E-state index is -0.0354. The number of carbonyl (C=O) groups is 1. The lowest BCUT2D eigenvalue weighted by Gasteiger charge is -2.39. The first-order valence-electron chi connectivity index (χ1n) is 8.76. The highest BCUT2D eigenvalue weighted by atomic mass is 16.8. The van der Waals surface area contributed by atoms with Crippen LogP contribution in [0.1, 0.15) is 18.4 Å². The maximum Gasteiger partial charge on any atom is 0.226 e. The topological polar surface area (TPSA) is 95.2 Å². The molecule has 3 aliphatic heterocycles. The molecule has 0 unspecified atom stereocenters. The number of hydroxylamine groups is 2. The molecule has 0 aliphatic carbocycles. The van der Waals surface area contributed by atoms with Crippen molar-refractivity contribution in [2.75, 3.05) is 37.8 Å². The third-order valence-electron chi connectivity index (χ3n) is 5.19. The van der Waals surface area contributed by atoms with Gasteiger partial charge in [0.1, 0.15) is 0 Å². The number of likely N-dealkylation sites (tertiary alicyclic amines) is 1. The zero-order chi connectivity index (χ0) is 17.3. The van der Waals surface area contributed by atoms with Crippen LogP contribution in [0.25, 0.3) is 0 Å². The summed E-state index contributed by atoms with van der Waals surface area (Å²) in [5, 5.41) is 5.08. The lowest BCUT2D eigenvalue weighted by molar-refractivity contribution is -0.132. The summed E-state index contributed by atoms with van der Waals surface area (Å²) >= 11 is 0. The van der Waals surface area contributed by atoms with Gasteiger partial charge in [0.2, 0.25) is 5.91 Å². The van der Waals surface area contributed by atoms with Crippen LogP contribution in [0.5, 0.6) is 0 Å². The summed E-state index contributed by atoms with van der Waals surface area (Å²) in [4.78, 5) is 24.1. The van der Waals surface area contributed by atoms with Gasteiger partial charge in [0, 0.05) is 19.6 Å². The van der Waals surface area contributed by atoms with Crippen LogP contribution >= 0.6 is 0 Å². The van der Waals surface area contributed by atoms with Gasteiger partial charge in [-0.05, 0) is 30.5 Å². The van der Waals surface area contributed by atoms with Crippen molar-refractivity contribution in [3.8, 4) is 0 Å². The Balaban J connectivity index is 1.30. The lowest BCUT2D eigenvalue weighted by Crippen LogP contribution is -2.56. The van der Waals surface area contributed by atoms with Gasteiger partial charge >= 0.3 is 0 Å². The fourth-order valence-electron chi connectivity index (χ4n) is 3.62. The molecule has 25 heavy (non-hydrogen) atoms. The van der Waals surface area contributed by atoms with Crippen LogP contribution in [0, 0.1) is 0 Å². The molecule has 1 aromatic rings. The van der Waals surface area contributed by atoms with Crippen molar-refractivity contribution >= 4 is 17.6 Å². The van der Waals surface area contributed by atoms with E-state index in [0.29, 0.717) is 12.4 Å². The molecule has 8 heteroatoms. The van der Waals surface area contributed by atoms with E-state index in [4.69, 9.17) is 10.7 Å². The Hall–Kier alpha value is -2.32. The van der Waals surface area contributed by atoms with Crippen molar-refractivity contribution < 1.29 is 9.73 Å². The summed E-state index contributed by atoms with van der Waals surface area (Å²) in [5.41, 5.74) is 10.5. The summed E-state index contributed by atoms with van der Waals surface area (Å²) in [6.45, 7) is 3.84. The van der Waals surface area contributed by atoms with Gasteiger partial charge in [-0.2, -0.15) is 10.4 Å². The number of benzene rings is 1. The summed E-state index contributed by atoms with van der Waals surface area (Å²) < 4.78 is 0. The quantitative estimate of drug-likeness (QED) is 0.701. The van der Waals surface area contributed by atoms with E-state index in [1.165, 1.54) is 0 Å². The number of nitrogens with two attached hydrogens (primary N) is 1. The number of hydrogen-bond donors (Lipinski definition) is 3. The van der Waals surface area contributed by atoms with Gasteiger partial charge < -0.3 is 16.0 Å². The summed E-state index contributed by atoms with van der Waals surface area (Å²) in [6.07, 6.45) is 2.21. The molecule has 3 aliphatic rings. The van der Waals surface area contributed by atoms with Crippen molar-refractivity contribution in [2.24, 2.45) is 10.7 Å². The molecular formula is C17H24N6O2. The third kappa shape index (κ3) is 3.40. The normalized spacial score (nSPS) is 22.2. The number of amides is 1. The van der Waals surface area contributed by atoms with Gasteiger partial charge in [-0.25, -0.2) is 5.06 Å². The smallest absolute Gasteiger partial charge is 0.226 e. The Morgan fingerprint density at radius 3 is 2.60 bits per heavy atom. The SMILES string of the molecule is NC1=NCC2(CCN(C(=O)Cc3ccc(N4CCNO4)cc3)CC2)N1. The first-order valence-corrected chi connectivity index (χ1v) is 8.76. The highest BCUT2D eigenvalue weighted by Gasteiger charge is 2.38. The number of nitrogens with zero attached hydrogens (tertiary/aromatic N) is 3. The monoisotopic (exact) mass is 344 g/mol. The van der Waals surface area contributed by atoms with Gasteiger partial charge in [0.25, 0.3) is 0 Å². The zero-order valence-electron chi connectivity index (χ0n) is 14.2. The van der Waals surface area contributed by atoms with Crippen molar-refractivity contribution in [1.29, 1.82) is 0 Å². The molecule has 2 saturated heterocycles. The van der Waals surface area contributed by atoms with Crippen LogP contribution in [0.3, 0.4) is 0 Å². The Morgan fingerprint density at radius 1 is 1.24 bits per heavy atom. The minimum Gasteiger partial charge on any atom is -0.370 e. The Kier molecular flexibility index (Phi) is 4.22. The van der Waals surface area contributed by atoms with Crippen LogP contribution in [0.15, 0.2) is 29.3 Å². The first-order chi connectivity index (χ1) is 12.1. The summed E-state index contributed by atoms with van der Waals surface area (Å²) in [6, 6.07) is 7.97. The fraction of sp³-hybridized carbons (Fsp3) is 0.529. The van der Waals surface area contributed by atoms with Gasteiger partial charge in [-0.1, -0.05) is 12.1 Å². The highest BCUT2D eigenvalue weighted by Crippen LogP contribution is 2.26. The van der Waals surface area contributed by atoms with Crippen LogP contribution in [-0.4, -0.2) is 55.0 Å². The maximum absolute atomic E-state index is 12.6. The molecule has 0 aromatic heterocycles. The molecule has 1 spiro atoms. The second kappa shape index (κ2) is 6.53. The predicted molar refractivity (Wildman–Crippen MR) is 94.7 cm³/mol. The predicted octanol–water partition coefficient (Wildman–Crippen LogP) is -0.236. The zero-order valence-corrected chi connectivity index (χ0v) is 14.2. The van der Waals surface area contributed by atoms with Gasteiger partial charge in [-0.3, -0.25) is 9.79 Å². The molecule has 0 saturated carbocycles. The number of carbonyl (C=O) groups excluding carboxylic acids is 1. The van der Waals surface area contributed by atoms with E-state index in [9.17, 15) is 4.79 Å². The molecule has 8 nitrogen and oxygen atoms in total. The summed E-state index contributed by atoms with van der Waals surface area (Å²) in [5.74, 6) is 0.700. The first kappa shape index (κ1) is 16.2. The van der Waals surface area contributed by atoms with Crippen molar-refractivity contribution in [1.82, 2.24) is 15.7 Å². The number of piperidine rings is 1. The van der Waals surface area contributed by atoms with E-state index >= 15 is 0 Å². The number of rotatable bonds is 3. The number of anilines is 1. The Bertz CT molecular complexity index is 660. The van der Waals surface area contributed by atoms with E-state index in [-0.39, 0.29) is 11.4 Å². The number of nitrogens with one attached hydrogen (secondary N) is 2. The van der Waals surface area contributed by atoms with E-state index in [1.807, 2.05) is 29.2 Å². The number of guanidine groups is 1.